The molecule has 0 spiro atoms. The van der Waals surface area contributed by atoms with E-state index < -0.39 is 0 Å². The monoisotopic (exact) mass is 306 g/mol. The van der Waals surface area contributed by atoms with Crippen molar-refractivity contribution < 1.29 is 14.3 Å². The summed E-state index contributed by atoms with van der Waals surface area (Å²) in [5, 5.41) is 2.98. The lowest BCUT2D eigenvalue weighted by atomic mass is 10.2. The summed E-state index contributed by atoms with van der Waals surface area (Å²) in [5.74, 6) is 1.46. The van der Waals surface area contributed by atoms with Crippen molar-refractivity contribution in [1.82, 2.24) is 10.2 Å². The molecule has 1 aliphatic rings. The second-order valence-electron chi connectivity index (χ2n) is 5.66. The highest BCUT2D eigenvalue weighted by atomic mass is 16.5. The summed E-state index contributed by atoms with van der Waals surface area (Å²) in [6.07, 6.45) is 4.96. The quantitative estimate of drug-likeness (QED) is 0.875. The van der Waals surface area contributed by atoms with Crippen LogP contribution in [-0.4, -0.2) is 44.7 Å². The predicted octanol–water partition coefficient (Wildman–Crippen LogP) is 2.20. The second kappa shape index (κ2) is 8.63. The van der Waals surface area contributed by atoms with Gasteiger partial charge in [0, 0.05) is 6.54 Å². The van der Waals surface area contributed by atoms with Crippen LogP contribution in [0.5, 0.6) is 11.5 Å². The standard InChI is InChI=1S/C17H26N2O3/c1-21-15-8-7-14(11-16(15)22-2)12-18-17(20)13-19-9-5-3-4-6-10-19/h7-8,11H,3-6,9-10,12-13H2,1-2H3,(H,18,20). The van der Waals surface area contributed by atoms with Crippen molar-refractivity contribution in [1.29, 1.82) is 0 Å². The molecule has 2 rings (SSSR count). The van der Waals surface area contributed by atoms with E-state index in [1.54, 1.807) is 14.2 Å². The van der Waals surface area contributed by atoms with Crippen molar-refractivity contribution in [3.8, 4) is 11.5 Å². The van der Waals surface area contributed by atoms with E-state index in [4.69, 9.17) is 9.47 Å². The van der Waals surface area contributed by atoms with Gasteiger partial charge in [-0.25, -0.2) is 0 Å². The first-order valence-corrected chi connectivity index (χ1v) is 7.93. The number of rotatable bonds is 6. The molecule has 5 nitrogen and oxygen atoms in total. The number of nitrogens with zero attached hydrogens (tertiary/aromatic N) is 1. The Morgan fingerprint density at radius 2 is 1.77 bits per heavy atom. The molecule has 0 aliphatic carbocycles. The number of nitrogens with one attached hydrogen (secondary N) is 1. The maximum absolute atomic E-state index is 12.1. The lowest BCUT2D eigenvalue weighted by Crippen LogP contribution is -2.37. The molecule has 0 saturated carbocycles. The molecule has 1 heterocycles. The van der Waals surface area contributed by atoms with Gasteiger partial charge in [-0.2, -0.15) is 0 Å². The van der Waals surface area contributed by atoms with E-state index in [0.717, 1.165) is 18.7 Å². The Labute approximate surface area is 132 Å². The van der Waals surface area contributed by atoms with Crippen LogP contribution in [-0.2, 0) is 11.3 Å². The van der Waals surface area contributed by atoms with Gasteiger partial charge in [-0.3, -0.25) is 9.69 Å². The van der Waals surface area contributed by atoms with Gasteiger partial charge in [0.05, 0.1) is 20.8 Å². The summed E-state index contributed by atoms with van der Waals surface area (Å²) < 4.78 is 10.5. The zero-order valence-electron chi connectivity index (χ0n) is 13.6. The number of methoxy groups -OCH3 is 2. The minimum atomic E-state index is 0.0803. The molecule has 1 N–H and O–H groups in total. The molecule has 122 valence electrons. The molecule has 0 unspecified atom stereocenters. The van der Waals surface area contributed by atoms with Crippen molar-refractivity contribution in [2.75, 3.05) is 33.9 Å². The lowest BCUT2D eigenvalue weighted by molar-refractivity contribution is -0.122. The Bertz CT molecular complexity index is 483. The number of hydrogen-bond acceptors (Lipinski definition) is 4. The molecule has 0 radical (unpaired) electrons. The van der Waals surface area contributed by atoms with E-state index in [2.05, 4.69) is 10.2 Å². The third kappa shape index (κ3) is 4.91. The molecule has 1 fully saturated rings. The van der Waals surface area contributed by atoms with Gasteiger partial charge in [0.25, 0.3) is 0 Å². The highest BCUT2D eigenvalue weighted by Gasteiger charge is 2.13. The third-order valence-electron chi connectivity index (χ3n) is 4.00. The average Bonchev–Trinajstić information content (AvgIpc) is 2.81. The Morgan fingerprint density at radius 3 is 2.41 bits per heavy atom. The number of amides is 1. The zero-order chi connectivity index (χ0) is 15.8. The Morgan fingerprint density at radius 1 is 1.09 bits per heavy atom. The predicted molar refractivity (Wildman–Crippen MR) is 86.3 cm³/mol. The van der Waals surface area contributed by atoms with Crippen molar-refractivity contribution in [2.24, 2.45) is 0 Å². The molecular weight excluding hydrogens is 280 g/mol. The van der Waals surface area contributed by atoms with E-state index in [1.807, 2.05) is 18.2 Å². The smallest absolute Gasteiger partial charge is 0.234 e. The molecule has 22 heavy (non-hydrogen) atoms. The fraction of sp³-hybridized carbons (Fsp3) is 0.588. The Balaban J connectivity index is 1.82. The van der Waals surface area contributed by atoms with E-state index in [9.17, 15) is 4.79 Å². The number of ether oxygens (including phenoxy) is 2. The molecular formula is C17H26N2O3. The molecule has 1 aromatic carbocycles. The van der Waals surface area contributed by atoms with Crippen LogP contribution in [0.3, 0.4) is 0 Å². The molecule has 1 saturated heterocycles. The van der Waals surface area contributed by atoms with Crippen LogP contribution in [0.15, 0.2) is 18.2 Å². The van der Waals surface area contributed by atoms with Crippen molar-refractivity contribution in [3.05, 3.63) is 23.8 Å². The van der Waals surface area contributed by atoms with Crippen molar-refractivity contribution in [3.63, 3.8) is 0 Å². The third-order valence-corrected chi connectivity index (χ3v) is 4.00. The van der Waals surface area contributed by atoms with Crippen LogP contribution in [0, 0.1) is 0 Å². The zero-order valence-corrected chi connectivity index (χ0v) is 13.6. The Kier molecular flexibility index (Phi) is 6.52. The van der Waals surface area contributed by atoms with E-state index >= 15 is 0 Å². The van der Waals surface area contributed by atoms with Gasteiger partial charge in [0.1, 0.15) is 0 Å². The molecule has 1 aromatic rings. The second-order valence-corrected chi connectivity index (χ2v) is 5.66. The summed E-state index contributed by atoms with van der Waals surface area (Å²) in [7, 11) is 3.22. The summed E-state index contributed by atoms with van der Waals surface area (Å²) in [6.45, 7) is 3.06. The summed E-state index contributed by atoms with van der Waals surface area (Å²) in [6, 6.07) is 5.69. The largest absolute Gasteiger partial charge is 0.493 e. The highest BCUT2D eigenvalue weighted by Crippen LogP contribution is 2.27. The molecule has 0 bridgehead atoms. The minimum absolute atomic E-state index is 0.0803. The van der Waals surface area contributed by atoms with Gasteiger partial charge in [-0.1, -0.05) is 18.9 Å². The SMILES string of the molecule is COc1ccc(CNC(=O)CN2CCCCCC2)cc1OC. The topological polar surface area (TPSA) is 50.8 Å². The maximum atomic E-state index is 12.1. The van der Waals surface area contributed by atoms with Gasteiger partial charge >= 0.3 is 0 Å². The fourth-order valence-corrected chi connectivity index (χ4v) is 2.74. The molecule has 0 atom stereocenters. The summed E-state index contributed by atoms with van der Waals surface area (Å²) in [5.41, 5.74) is 1.00. The number of carbonyl (C=O) groups is 1. The van der Waals surface area contributed by atoms with E-state index in [0.29, 0.717) is 24.6 Å². The molecule has 1 aliphatic heterocycles. The van der Waals surface area contributed by atoms with Gasteiger partial charge in [-0.05, 0) is 43.6 Å². The maximum Gasteiger partial charge on any atom is 0.234 e. The molecule has 0 aromatic heterocycles. The van der Waals surface area contributed by atoms with E-state index in [-0.39, 0.29) is 5.91 Å². The lowest BCUT2D eigenvalue weighted by Gasteiger charge is -2.19. The minimum Gasteiger partial charge on any atom is -0.493 e. The summed E-state index contributed by atoms with van der Waals surface area (Å²) >= 11 is 0. The highest BCUT2D eigenvalue weighted by molar-refractivity contribution is 5.78. The van der Waals surface area contributed by atoms with Gasteiger partial charge in [-0.15, -0.1) is 0 Å². The fourth-order valence-electron chi connectivity index (χ4n) is 2.74. The summed E-state index contributed by atoms with van der Waals surface area (Å²) in [4.78, 5) is 14.3. The van der Waals surface area contributed by atoms with Gasteiger partial charge in [0.2, 0.25) is 5.91 Å². The molecule has 1 amide bonds. The van der Waals surface area contributed by atoms with Crippen LogP contribution in [0.2, 0.25) is 0 Å². The van der Waals surface area contributed by atoms with Crippen molar-refractivity contribution in [2.45, 2.75) is 32.2 Å². The molecule has 5 heteroatoms. The number of carbonyl (C=O) groups excluding carboxylic acids is 1. The van der Waals surface area contributed by atoms with Crippen LogP contribution in [0.25, 0.3) is 0 Å². The van der Waals surface area contributed by atoms with Crippen molar-refractivity contribution >= 4 is 5.91 Å². The Hall–Kier alpha value is -1.75. The van der Waals surface area contributed by atoms with Crippen LogP contribution in [0.4, 0.5) is 0 Å². The first-order valence-electron chi connectivity index (χ1n) is 7.93. The first kappa shape index (κ1) is 16.6. The number of benzene rings is 1. The first-order chi connectivity index (χ1) is 10.7. The van der Waals surface area contributed by atoms with Crippen LogP contribution >= 0.6 is 0 Å². The van der Waals surface area contributed by atoms with Crippen LogP contribution < -0.4 is 14.8 Å². The number of hydrogen-bond donors (Lipinski definition) is 1. The van der Waals surface area contributed by atoms with Gasteiger partial charge in [0.15, 0.2) is 11.5 Å². The van der Waals surface area contributed by atoms with Crippen LogP contribution in [0.1, 0.15) is 31.2 Å². The average molecular weight is 306 g/mol. The van der Waals surface area contributed by atoms with Gasteiger partial charge < -0.3 is 14.8 Å². The normalized spacial score (nSPS) is 15.9. The van der Waals surface area contributed by atoms with E-state index in [1.165, 1.54) is 25.7 Å². The number of likely N-dealkylation sites (tertiary alicyclic amines) is 1.